The summed E-state index contributed by atoms with van der Waals surface area (Å²) in [5.74, 6) is 0. The molecular weight excluding hydrogens is 314 g/mol. The normalized spacial score (nSPS) is 21.8. The number of benzene rings is 1. The summed E-state index contributed by atoms with van der Waals surface area (Å²) in [6.45, 7) is 2.34. The smallest absolute Gasteiger partial charge is 0.0950 e. The van der Waals surface area contributed by atoms with E-state index < -0.39 is 5.60 Å². The van der Waals surface area contributed by atoms with E-state index in [0.29, 0.717) is 11.6 Å². The molecule has 1 saturated carbocycles. The lowest BCUT2D eigenvalue weighted by molar-refractivity contribution is -0.0693. The Morgan fingerprint density at radius 1 is 1.44 bits per heavy atom. The molecular formula is C14H19BrClNO. The minimum Gasteiger partial charge on any atom is -0.385 e. The zero-order valence-corrected chi connectivity index (χ0v) is 12.9. The summed E-state index contributed by atoms with van der Waals surface area (Å²) in [6.07, 6.45) is 4.18. The largest absolute Gasteiger partial charge is 0.385 e. The van der Waals surface area contributed by atoms with E-state index in [0.717, 1.165) is 35.7 Å². The molecule has 0 heterocycles. The first-order chi connectivity index (χ1) is 8.43. The van der Waals surface area contributed by atoms with Crippen molar-refractivity contribution in [2.75, 3.05) is 6.54 Å². The Hall–Kier alpha value is -0.0900. The van der Waals surface area contributed by atoms with Crippen LogP contribution < -0.4 is 5.73 Å². The Kier molecular flexibility index (Phi) is 4.07. The second-order valence-corrected chi connectivity index (χ2v) is 6.71. The summed E-state index contributed by atoms with van der Waals surface area (Å²) in [4.78, 5) is 0. The molecule has 0 bridgehead atoms. The molecule has 1 unspecified atom stereocenters. The van der Waals surface area contributed by atoms with Gasteiger partial charge in [-0.25, -0.2) is 0 Å². The average Bonchev–Trinajstić information content (AvgIpc) is 2.78. The number of aliphatic hydroxyl groups is 1. The number of nitrogens with two attached hydrogens (primary N) is 1. The molecule has 2 rings (SSSR count). The van der Waals surface area contributed by atoms with Crippen LogP contribution in [0.4, 0.5) is 0 Å². The van der Waals surface area contributed by atoms with Gasteiger partial charge in [-0.1, -0.05) is 46.4 Å². The van der Waals surface area contributed by atoms with Crippen LogP contribution in [0, 0.1) is 5.41 Å². The maximum absolute atomic E-state index is 11.0. The molecule has 0 aromatic heterocycles. The summed E-state index contributed by atoms with van der Waals surface area (Å²) >= 11 is 9.67. The standard InChI is InChI=1S/C14H19BrClNO/c1-13(18,14(9-17)6-2-3-7-14)11-5-4-10(15)8-12(11)16/h4-5,8,18H,2-3,6-7,9,17H2,1H3. The summed E-state index contributed by atoms with van der Waals surface area (Å²) in [6, 6.07) is 5.63. The molecule has 1 aromatic carbocycles. The second kappa shape index (κ2) is 5.12. The third-order valence-corrected chi connectivity index (χ3v) is 5.25. The molecule has 2 nitrogen and oxygen atoms in total. The molecule has 1 aromatic rings. The fourth-order valence-corrected chi connectivity index (χ4v) is 3.97. The van der Waals surface area contributed by atoms with Gasteiger partial charge in [-0.2, -0.15) is 0 Å². The highest BCUT2D eigenvalue weighted by Crippen LogP contribution is 2.52. The predicted octanol–water partition coefficient (Wildman–Crippen LogP) is 3.83. The molecule has 1 atom stereocenters. The van der Waals surface area contributed by atoms with Gasteiger partial charge in [0.25, 0.3) is 0 Å². The van der Waals surface area contributed by atoms with Gasteiger partial charge in [0, 0.05) is 27.0 Å². The molecule has 0 aliphatic heterocycles. The van der Waals surface area contributed by atoms with Crippen LogP contribution in [0.5, 0.6) is 0 Å². The van der Waals surface area contributed by atoms with Gasteiger partial charge in [0.1, 0.15) is 0 Å². The van der Waals surface area contributed by atoms with Crippen molar-refractivity contribution in [3.63, 3.8) is 0 Å². The quantitative estimate of drug-likeness (QED) is 0.883. The van der Waals surface area contributed by atoms with Crippen LogP contribution in [0.3, 0.4) is 0 Å². The molecule has 0 spiro atoms. The van der Waals surface area contributed by atoms with E-state index in [2.05, 4.69) is 15.9 Å². The van der Waals surface area contributed by atoms with E-state index in [-0.39, 0.29) is 5.41 Å². The van der Waals surface area contributed by atoms with Gasteiger partial charge in [0.2, 0.25) is 0 Å². The van der Waals surface area contributed by atoms with E-state index in [1.807, 2.05) is 25.1 Å². The van der Waals surface area contributed by atoms with Gasteiger partial charge in [-0.15, -0.1) is 0 Å². The van der Waals surface area contributed by atoms with Crippen molar-refractivity contribution in [3.05, 3.63) is 33.3 Å². The van der Waals surface area contributed by atoms with E-state index in [4.69, 9.17) is 17.3 Å². The Balaban J connectivity index is 2.46. The van der Waals surface area contributed by atoms with Crippen molar-refractivity contribution < 1.29 is 5.11 Å². The lowest BCUT2D eigenvalue weighted by Gasteiger charge is -2.43. The van der Waals surface area contributed by atoms with Gasteiger partial charge in [-0.05, 0) is 31.9 Å². The third kappa shape index (κ3) is 2.22. The van der Waals surface area contributed by atoms with Crippen LogP contribution in [-0.2, 0) is 5.60 Å². The Labute approximate surface area is 122 Å². The number of hydrogen-bond acceptors (Lipinski definition) is 2. The fourth-order valence-electron chi connectivity index (χ4n) is 3.11. The first-order valence-corrected chi connectivity index (χ1v) is 7.48. The van der Waals surface area contributed by atoms with Crippen molar-refractivity contribution in [1.29, 1.82) is 0 Å². The molecule has 4 heteroatoms. The Morgan fingerprint density at radius 3 is 2.56 bits per heavy atom. The lowest BCUT2D eigenvalue weighted by atomic mass is 9.68. The van der Waals surface area contributed by atoms with Crippen LogP contribution in [0.2, 0.25) is 5.02 Å². The highest BCUT2D eigenvalue weighted by Gasteiger charge is 2.49. The van der Waals surface area contributed by atoms with Gasteiger partial charge >= 0.3 is 0 Å². The zero-order chi connectivity index (χ0) is 13.4. The van der Waals surface area contributed by atoms with Gasteiger partial charge in [0.15, 0.2) is 0 Å². The van der Waals surface area contributed by atoms with E-state index >= 15 is 0 Å². The van der Waals surface area contributed by atoms with Crippen molar-refractivity contribution in [2.45, 2.75) is 38.2 Å². The molecule has 100 valence electrons. The monoisotopic (exact) mass is 331 g/mol. The number of hydrogen-bond donors (Lipinski definition) is 2. The van der Waals surface area contributed by atoms with Crippen LogP contribution >= 0.6 is 27.5 Å². The molecule has 1 aliphatic carbocycles. The first kappa shape index (κ1) is 14.3. The average molecular weight is 333 g/mol. The molecule has 0 amide bonds. The van der Waals surface area contributed by atoms with Crippen molar-refractivity contribution in [3.8, 4) is 0 Å². The third-order valence-electron chi connectivity index (χ3n) is 4.44. The van der Waals surface area contributed by atoms with Crippen LogP contribution in [-0.4, -0.2) is 11.7 Å². The van der Waals surface area contributed by atoms with Crippen molar-refractivity contribution in [1.82, 2.24) is 0 Å². The molecule has 3 N–H and O–H groups in total. The van der Waals surface area contributed by atoms with Crippen molar-refractivity contribution >= 4 is 27.5 Å². The highest BCUT2D eigenvalue weighted by molar-refractivity contribution is 9.10. The van der Waals surface area contributed by atoms with Gasteiger partial charge in [0.05, 0.1) is 5.60 Å². The topological polar surface area (TPSA) is 46.2 Å². The lowest BCUT2D eigenvalue weighted by Crippen LogP contribution is -2.47. The van der Waals surface area contributed by atoms with Crippen LogP contribution in [0.15, 0.2) is 22.7 Å². The minimum absolute atomic E-state index is 0.246. The van der Waals surface area contributed by atoms with Crippen LogP contribution in [0.1, 0.15) is 38.2 Å². The van der Waals surface area contributed by atoms with Gasteiger partial charge < -0.3 is 10.8 Å². The number of rotatable bonds is 3. The second-order valence-electron chi connectivity index (χ2n) is 5.39. The van der Waals surface area contributed by atoms with Crippen LogP contribution in [0.25, 0.3) is 0 Å². The molecule has 0 saturated heterocycles. The molecule has 18 heavy (non-hydrogen) atoms. The van der Waals surface area contributed by atoms with E-state index in [1.54, 1.807) is 0 Å². The van der Waals surface area contributed by atoms with E-state index in [1.165, 1.54) is 0 Å². The molecule has 0 radical (unpaired) electrons. The predicted molar refractivity (Wildman–Crippen MR) is 78.7 cm³/mol. The highest BCUT2D eigenvalue weighted by atomic mass is 79.9. The van der Waals surface area contributed by atoms with Gasteiger partial charge in [-0.3, -0.25) is 0 Å². The van der Waals surface area contributed by atoms with E-state index in [9.17, 15) is 5.11 Å². The summed E-state index contributed by atoms with van der Waals surface area (Å²) in [7, 11) is 0. The zero-order valence-electron chi connectivity index (χ0n) is 10.5. The Morgan fingerprint density at radius 2 is 2.06 bits per heavy atom. The summed E-state index contributed by atoms with van der Waals surface area (Å²) in [5.41, 5.74) is 5.52. The molecule has 1 aliphatic rings. The maximum atomic E-state index is 11.0. The summed E-state index contributed by atoms with van der Waals surface area (Å²) < 4.78 is 0.917. The first-order valence-electron chi connectivity index (χ1n) is 6.31. The summed E-state index contributed by atoms with van der Waals surface area (Å²) in [5, 5.41) is 11.6. The fraction of sp³-hybridized carbons (Fsp3) is 0.571. The molecule has 1 fully saturated rings. The SMILES string of the molecule is CC(O)(c1ccc(Br)cc1Cl)C1(CN)CCCC1. The number of halogens is 2. The maximum Gasteiger partial charge on any atom is 0.0950 e. The Bertz CT molecular complexity index is 441. The van der Waals surface area contributed by atoms with Crippen molar-refractivity contribution in [2.24, 2.45) is 11.1 Å². The minimum atomic E-state index is -0.976.